The molecule has 1 atom stereocenters. The number of para-hydroxylation sites is 1. The third-order valence-electron chi connectivity index (χ3n) is 5.37. The van der Waals surface area contributed by atoms with Crippen LogP contribution >= 0.6 is 0 Å². The molecular weight excluding hydrogens is 396 g/mol. The van der Waals surface area contributed by atoms with Crippen molar-refractivity contribution in [3.63, 3.8) is 0 Å². The van der Waals surface area contributed by atoms with E-state index < -0.39 is 17.7 Å². The van der Waals surface area contributed by atoms with Crippen LogP contribution in [0.15, 0.2) is 66.1 Å². The van der Waals surface area contributed by atoms with Gasteiger partial charge in [0, 0.05) is 23.6 Å². The zero-order chi connectivity index (χ0) is 22.5. The Bertz CT molecular complexity index is 1180. The summed E-state index contributed by atoms with van der Waals surface area (Å²) in [5.74, 6) is -1.21. The molecule has 2 aromatic carbocycles. The monoisotopic (exact) mass is 418 g/mol. The average molecular weight is 418 g/mol. The van der Waals surface area contributed by atoms with Gasteiger partial charge in [0.25, 0.3) is 5.91 Å². The van der Waals surface area contributed by atoms with Crippen molar-refractivity contribution < 1.29 is 24.3 Å². The molecule has 3 aromatic rings. The lowest BCUT2D eigenvalue weighted by Crippen LogP contribution is -2.32. The molecule has 4 rings (SSSR count). The minimum absolute atomic E-state index is 0.174. The van der Waals surface area contributed by atoms with E-state index in [1.165, 1.54) is 6.92 Å². The van der Waals surface area contributed by atoms with Gasteiger partial charge < -0.3 is 15.0 Å². The third-order valence-corrected chi connectivity index (χ3v) is 5.37. The number of amides is 1. The lowest BCUT2D eigenvalue weighted by molar-refractivity contribution is -0.191. The van der Waals surface area contributed by atoms with Gasteiger partial charge in [0.15, 0.2) is 11.5 Å². The second-order valence-electron chi connectivity index (χ2n) is 7.32. The number of benzene rings is 2. The SMILES string of the molecule is CC(=O)C1=C(O)C(=O)N(CCc2c[nH]c3ccccc23)C1c1ccc(C)cc1.O=C=O. The van der Waals surface area contributed by atoms with Gasteiger partial charge in [0.05, 0.1) is 11.6 Å². The molecule has 0 saturated heterocycles. The maximum absolute atomic E-state index is 12.8. The Balaban J connectivity index is 0.000000858. The molecule has 1 aliphatic rings. The number of aryl methyl sites for hydroxylation is 1. The van der Waals surface area contributed by atoms with Gasteiger partial charge in [-0.1, -0.05) is 48.0 Å². The highest BCUT2D eigenvalue weighted by Crippen LogP contribution is 2.38. The maximum Gasteiger partial charge on any atom is 0.373 e. The van der Waals surface area contributed by atoms with Crippen LogP contribution in [0.5, 0.6) is 0 Å². The number of Topliss-reactive ketones (excluding diaryl/α,β-unsaturated/α-hetero) is 1. The largest absolute Gasteiger partial charge is 0.503 e. The van der Waals surface area contributed by atoms with Gasteiger partial charge in [-0.25, -0.2) is 0 Å². The molecule has 0 fully saturated rings. The normalized spacial score (nSPS) is 15.6. The van der Waals surface area contributed by atoms with E-state index in [1.54, 1.807) is 4.90 Å². The zero-order valence-corrected chi connectivity index (χ0v) is 17.2. The number of carbonyl (C=O) groups excluding carboxylic acids is 4. The summed E-state index contributed by atoms with van der Waals surface area (Å²) in [5.41, 5.74) is 4.24. The van der Waals surface area contributed by atoms with E-state index in [2.05, 4.69) is 4.98 Å². The van der Waals surface area contributed by atoms with Crippen molar-refractivity contribution in [2.45, 2.75) is 26.3 Å². The predicted molar refractivity (Wildman–Crippen MR) is 113 cm³/mol. The fraction of sp³-hybridized carbons (Fsp3) is 0.208. The maximum atomic E-state index is 12.8. The van der Waals surface area contributed by atoms with Gasteiger partial charge in [-0.15, -0.1) is 0 Å². The Kier molecular flexibility index (Phi) is 6.48. The molecule has 1 unspecified atom stereocenters. The van der Waals surface area contributed by atoms with Crippen LogP contribution in [-0.4, -0.2) is 39.4 Å². The van der Waals surface area contributed by atoms with Crippen molar-refractivity contribution in [2.24, 2.45) is 0 Å². The number of fused-ring (bicyclic) bond motifs is 1. The van der Waals surface area contributed by atoms with Gasteiger partial charge in [-0.3, -0.25) is 9.59 Å². The van der Waals surface area contributed by atoms with E-state index in [9.17, 15) is 14.7 Å². The van der Waals surface area contributed by atoms with E-state index in [0.29, 0.717) is 13.0 Å². The fourth-order valence-corrected chi connectivity index (χ4v) is 3.92. The van der Waals surface area contributed by atoms with Gasteiger partial charge >= 0.3 is 6.15 Å². The second-order valence-corrected chi connectivity index (χ2v) is 7.32. The number of aromatic amines is 1. The molecule has 0 radical (unpaired) electrons. The number of carbonyl (C=O) groups is 2. The Hall–Kier alpha value is -3.96. The van der Waals surface area contributed by atoms with Crippen LogP contribution in [0.3, 0.4) is 0 Å². The highest BCUT2D eigenvalue weighted by atomic mass is 16.3. The molecular formula is C24H22N2O5. The van der Waals surface area contributed by atoms with E-state index in [1.807, 2.05) is 61.7 Å². The van der Waals surface area contributed by atoms with E-state index >= 15 is 0 Å². The van der Waals surface area contributed by atoms with Crippen LogP contribution in [0.1, 0.15) is 29.7 Å². The Labute approximate surface area is 179 Å². The molecule has 0 bridgehead atoms. The zero-order valence-electron chi connectivity index (χ0n) is 17.2. The minimum atomic E-state index is -0.559. The second kappa shape index (κ2) is 9.24. The van der Waals surface area contributed by atoms with Gasteiger partial charge in [-0.2, -0.15) is 9.59 Å². The van der Waals surface area contributed by atoms with Crippen molar-refractivity contribution in [1.82, 2.24) is 9.88 Å². The summed E-state index contributed by atoms with van der Waals surface area (Å²) in [6.45, 7) is 3.78. The molecule has 158 valence electrons. The third kappa shape index (κ3) is 4.32. The Morgan fingerprint density at radius 2 is 1.77 bits per heavy atom. The molecule has 7 nitrogen and oxygen atoms in total. The summed E-state index contributed by atoms with van der Waals surface area (Å²) >= 11 is 0. The first-order valence-corrected chi connectivity index (χ1v) is 9.75. The number of hydrogen-bond donors (Lipinski definition) is 2. The number of ketones is 1. The average Bonchev–Trinajstić information content (AvgIpc) is 3.27. The highest BCUT2D eigenvalue weighted by Gasteiger charge is 2.42. The molecule has 7 heteroatoms. The lowest BCUT2D eigenvalue weighted by atomic mass is 9.96. The predicted octanol–water partition coefficient (Wildman–Crippen LogP) is 3.42. The number of nitrogens with one attached hydrogen (secondary N) is 1. The van der Waals surface area contributed by atoms with E-state index in [-0.39, 0.29) is 17.5 Å². The van der Waals surface area contributed by atoms with Crippen molar-refractivity contribution in [3.8, 4) is 0 Å². The topological polar surface area (TPSA) is 108 Å². The van der Waals surface area contributed by atoms with Gasteiger partial charge in [0.2, 0.25) is 0 Å². The number of aromatic nitrogens is 1. The molecule has 1 aliphatic heterocycles. The van der Waals surface area contributed by atoms with Gasteiger partial charge in [0.1, 0.15) is 0 Å². The van der Waals surface area contributed by atoms with Crippen molar-refractivity contribution >= 4 is 28.7 Å². The number of aliphatic hydroxyl groups is 1. The summed E-state index contributed by atoms with van der Waals surface area (Å²) in [7, 11) is 0. The van der Waals surface area contributed by atoms with E-state index in [0.717, 1.165) is 27.6 Å². The number of aliphatic hydroxyl groups excluding tert-OH is 1. The van der Waals surface area contributed by atoms with Crippen LogP contribution in [0.25, 0.3) is 10.9 Å². The minimum Gasteiger partial charge on any atom is -0.503 e. The highest BCUT2D eigenvalue weighted by molar-refractivity contribution is 6.08. The molecule has 0 aliphatic carbocycles. The van der Waals surface area contributed by atoms with Crippen molar-refractivity contribution in [2.75, 3.05) is 6.54 Å². The molecule has 2 N–H and O–H groups in total. The van der Waals surface area contributed by atoms with Crippen LogP contribution in [0, 0.1) is 6.92 Å². The fourth-order valence-electron chi connectivity index (χ4n) is 3.92. The molecule has 0 saturated carbocycles. The number of rotatable bonds is 5. The molecule has 0 spiro atoms. The molecule has 2 heterocycles. The summed E-state index contributed by atoms with van der Waals surface area (Å²) in [6, 6.07) is 15.2. The molecule has 31 heavy (non-hydrogen) atoms. The van der Waals surface area contributed by atoms with Crippen LogP contribution in [0.2, 0.25) is 0 Å². The first-order valence-electron chi connectivity index (χ1n) is 9.75. The first-order chi connectivity index (χ1) is 14.9. The van der Waals surface area contributed by atoms with Crippen molar-refractivity contribution in [3.05, 3.63) is 82.8 Å². The number of hydrogen-bond acceptors (Lipinski definition) is 5. The first kappa shape index (κ1) is 21.7. The lowest BCUT2D eigenvalue weighted by Gasteiger charge is -2.26. The Morgan fingerprint density at radius 1 is 1.13 bits per heavy atom. The summed E-state index contributed by atoms with van der Waals surface area (Å²) in [4.78, 5) is 46.0. The summed E-state index contributed by atoms with van der Waals surface area (Å²) < 4.78 is 0. The summed E-state index contributed by atoms with van der Waals surface area (Å²) in [5, 5.41) is 11.5. The van der Waals surface area contributed by atoms with Crippen LogP contribution < -0.4 is 0 Å². The van der Waals surface area contributed by atoms with Crippen LogP contribution in [0.4, 0.5) is 0 Å². The molecule has 1 amide bonds. The Morgan fingerprint density at radius 3 is 2.42 bits per heavy atom. The summed E-state index contributed by atoms with van der Waals surface area (Å²) in [6.07, 6.45) is 2.82. The smallest absolute Gasteiger partial charge is 0.373 e. The number of nitrogens with zero attached hydrogens (tertiary/aromatic N) is 1. The van der Waals surface area contributed by atoms with E-state index in [4.69, 9.17) is 9.59 Å². The number of H-pyrrole nitrogens is 1. The van der Waals surface area contributed by atoms with Crippen LogP contribution in [-0.2, 0) is 25.6 Å². The van der Waals surface area contributed by atoms with Gasteiger partial charge in [-0.05, 0) is 37.5 Å². The van der Waals surface area contributed by atoms with Crippen molar-refractivity contribution in [1.29, 1.82) is 0 Å². The standard InChI is InChI=1S/C23H22N2O3.CO2/c1-14-7-9-16(10-8-14)21-20(15(2)26)22(27)23(28)25(21)12-11-17-13-24-19-6-4-3-5-18(17)19;2-1-3/h3-10,13,21,24,27H,11-12H2,1-2H3;. The quantitative estimate of drug-likeness (QED) is 0.660. The molecule has 1 aromatic heterocycles.